The Balaban J connectivity index is 1.44. The monoisotopic (exact) mass is 492 g/mol. The van der Waals surface area contributed by atoms with Crippen molar-refractivity contribution >= 4 is 33.9 Å². The fourth-order valence-electron chi connectivity index (χ4n) is 4.16. The third-order valence-electron chi connectivity index (χ3n) is 6.23. The van der Waals surface area contributed by atoms with E-state index in [4.69, 9.17) is 16.3 Å². The summed E-state index contributed by atoms with van der Waals surface area (Å²) in [5.74, 6) is -0.383. The van der Waals surface area contributed by atoms with Gasteiger partial charge in [0.2, 0.25) is 0 Å². The van der Waals surface area contributed by atoms with Crippen LogP contribution in [0.1, 0.15) is 31.4 Å². The Kier molecular flexibility index (Phi) is 5.27. The zero-order chi connectivity index (χ0) is 24.9. The predicted octanol–water partition coefficient (Wildman–Crippen LogP) is 4.19. The average Bonchev–Trinajstić information content (AvgIpc) is 3.57. The minimum absolute atomic E-state index is 0.0832. The summed E-state index contributed by atoms with van der Waals surface area (Å²) in [5.41, 5.74) is 9.39. The maximum Gasteiger partial charge on any atom is 0.123 e. The Bertz CT molecular complexity index is 1400. The average molecular weight is 493 g/mol. The molecule has 1 saturated carbocycles. The summed E-state index contributed by atoms with van der Waals surface area (Å²) in [6.45, 7) is 1.09. The van der Waals surface area contributed by atoms with Crippen molar-refractivity contribution in [2.45, 2.75) is 30.9 Å². The molecule has 3 aromatic rings. The Morgan fingerprint density at radius 1 is 1.29 bits per heavy atom. The van der Waals surface area contributed by atoms with Crippen LogP contribution < -0.4 is 21.6 Å². The van der Waals surface area contributed by atoms with E-state index in [2.05, 4.69) is 32.6 Å². The second-order valence-corrected chi connectivity index (χ2v) is 9.22. The number of rotatable bonds is 7. The molecule has 178 valence electrons. The zero-order valence-electron chi connectivity index (χ0n) is 19.6. The number of fused-ring (bicyclic) bond motifs is 1. The van der Waals surface area contributed by atoms with Crippen molar-refractivity contribution in [3.05, 3.63) is 76.5 Å². The number of nitriles is 1. The number of hydrogen-bond donors (Lipinski definition) is 4. The lowest BCUT2D eigenvalue weighted by Crippen LogP contribution is -2.40. The van der Waals surface area contributed by atoms with Gasteiger partial charge in [0.1, 0.15) is 11.9 Å². The highest BCUT2D eigenvalue weighted by Gasteiger charge is 2.32. The fourth-order valence-corrected chi connectivity index (χ4v) is 4.42. The van der Waals surface area contributed by atoms with Gasteiger partial charge in [-0.3, -0.25) is 9.99 Å². The predicted molar refractivity (Wildman–Crippen MR) is 132 cm³/mol. The van der Waals surface area contributed by atoms with E-state index in [1.165, 1.54) is 18.3 Å². The van der Waals surface area contributed by atoms with Crippen LogP contribution in [0.4, 0.5) is 15.8 Å². The highest BCUT2D eigenvalue weighted by molar-refractivity contribution is 6.35. The Hall–Kier alpha value is -3.58. The quantitative estimate of drug-likeness (QED) is 0.390. The molecule has 6 rings (SSSR count). The molecular formula is C25H23ClFN7O. The van der Waals surface area contributed by atoms with E-state index >= 15 is 0 Å². The summed E-state index contributed by atoms with van der Waals surface area (Å²) in [4.78, 5) is 4.40. The number of hydrogen-bond acceptors (Lipinski definition) is 8. The van der Waals surface area contributed by atoms with Gasteiger partial charge < -0.3 is 20.8 Å². The summed E-state index contributed by atoms with van der Waals surface area (Å²) in [7, 11) is 0. The number of ether oxygens (including phenoxy) is 1. The third kappa shape index (κ3) is 4.32. The van der Waals surface area contributed by atoms with Gasteiger partial charge in [-0.2, -0.15) is 5.26 Å². The molecule has 1 saturated heterocycles. The van der Waals surface area contributed by atoms with E-state index < -0.39 is 6.02 Å². The van der Waals surface area contributed by atoms with E-state index in [9.17, 15) is 11.0 Å². The van der Waals surface area contributed by atoms with Crippen LogP contribution in [0.5, 0.6) is 0 Å². The molecule has 0 amide bonds. The molecule has 2 fully saturated rings. The second-order valence-electron chi connectivity index (χ2n) is 8.82. The molecule has 2 aliphatic heterocycles. The van der Waals surface area contributed by atoms with Gasteiger partial charge in [-0.05, 0) is 42.7 Å². The highest BCUT2D eigenvalue weighted by Crippen LogP contribution is 2.37. The van der Waals surface area contributed by atoms with Gasteiger partial charge in [0.05, 0.1) is 54.1 Å². The maximum absolute atomic E-state index is 13.7. The van der Waals surface area contributed by atoms with E-state index in [1.54, 1.807) is 18.2 Å². The molecule has 1 atom stereocenters. The number of aromatic nitrogens is 1. The van der Waals surface area contributed by atoms with Crippen molar-refractivity contribution in [1.82, 2.24) is 21.0 Å². The van der Waals surface area contributed by atoms with Crippen molar-refractivity contribution in [2.24, 2.45) is 0 Å². The zero-order valence-corrected chi connectivity index (χ0v) is 19.4. The van der Waals surface area contributed by atoms with E-state index in [0.29, 0.717) is 63.4 Å². The SMILES string of the molecule is [2H]C(Nc1cc(Cl)c2ncc(C#N)c(NC3COC3)c2c1)(C1=CN(C2CC2)NN1)c1ccc(F)cc1. The maximum atomic E-state index is 13.7. The van der Waals surface area contributed by atoms with Crippen molar-refractivity contribution < 1.29 is 10.5 Å². The summed E-state index contributed by atoms with van der Waals surface area (Å²) in [6.07, 6.45) is 5.51. The molecule has 3 heterocycles. The number of benzene rings is 2. The molecule has 10 heteroatoms. The topological polar surface area (TPSA) is 97.3 Å². The van der Waals surface area contributed by atoms with E-state index in [0.717, 1.165) is 12.8 Å². The first-order chi connectivity index (χ1) is 17.4. The molecule has 1 unspecified atom stereocenters. The Labute approximate surface area is 208 Å². The lowest BCUT2D eigenvalue weighted by atomic mass is 10.0. The van der Waals surface area contributed by atoms with Crippen LogP contribution in [-0.2, 0) is 4.74 Å². The molecule has 1 aromatic heterocycles. The van der Waals surface area contributed by atoms with Crippen molar-refractivity contribution in [3.63, 3.8) is 0 Å². The third-order valence-corrected chi connectivity index (χ3v) is 6.52. The number of nitrogens with zero attached hydrogens (tertiary/aromatic N) is 3. The first kappa shape index (κ1) is 20.8. The molecule has 2 aromatic carbocycles. The van der Waals surface area contributed by atoms with Crippen LogP contribution >= 0.6 is 11.6 Å². The minimum Gasteiger partial charge on any atom is -0.377 e. The fraction of sp³-hybridized carbons (Fsp3) is 0.280. The molecule has 1 aliphatic carbocycles. The van der Waals surface area contributed by atoms with E-state index in [1.807, 2.05) is 17.3 Å². The number of anilines is 2. The molecule has 0 bridgehead atoms. The van der Waals surface area contributed by atoms with Crippen molar-refractivity contribution in [2.75, 3.05) is 23.8 Å². The van der Waals surface area contributed by atoms with Gasteiger partial charge >= 0.3 is 0 Å². The van der Waals surface area contributed by atoms with Gasteiger partial charge in [0.25, 0.3) is 0 Å². The Morgan fingerprint density at radius 3 is 2.77 bits per heavy atom. The molecular weight excluding hydrogens is 469 g/mol. The largest absolute Gasteiger partial charge is 0.377 e. The highest BCUT2D eigenvalue weighted by atomic mass is 35.5. The summed E-state index contributed by atoms with van der Waals surface area (Å²) < 4.78 is 28.5. The van der Waals surface area contributed by atoms with Crippen molar-refractivity contribution in [3.8, 4) is 6.07 Å². The molecule has 3 aliphatic rings. The normalized spacial score (nSPS) is 19.7. The second kappa shape index (κ2) is 8.89. The molecule has 8 nitrogen and oxygen atoms in total. The van der Waals surface area contributed by atoms with Crippen molar-refractivity contribution in [1.29, 1.82) is 5.26 Å². The van der Waals surface area contributed by atoms with Crippen LogP contribution in [0.3, 0.4) is 0 Å². The van der Waals surface area contributed by atoms with Crippen LogP contribution in [0.25, 0.3) is 10.9 Å². The standard InChI is InChI=1S/C25H23ClFN7O/c26-21-8-17(7-20-23(31-18-12-35-13-18)15(9-28)10-29-25(20)21)30-24(14-1-3-16(27)4-2-14)22-11-34(33-32-22)19-5-6-19/h1-4,7-8,10-11,18-19,24,30,32-33H,5-6,12-13H2,(H,29,31)/i24D. The van der Waals surface area contributed by atoms with Gasteiger partial charge in [-0.25, -0.2) is 4.39 Å². The molecule has 35 heavy (non-hydrogen) atoms. The lowest BCUT2D eigenvalue weighted by molar-refractivity contribution is 0.0211. The number of nitrogens with one attached hydrogen (secondary N) is 4. The van der Waals surface area contributed by atoms with Crippen LogP contribution in [0, 0.1) is 17.1 Å². The van der Waals surface area contributed by atoms with Crippen LogP contribution in [0.2, 0.25) is 5.02 Å². The van der Waals surface area contributed by atoms with Crippen LogP contribution in [0.15, 0.2) is 54.5 Å². The first-order valence-electron chi connectivity index (χ1n) is 11.9. The summed E-state index contributed by atoms with van der Waals surface area (Å²) in [5, 5.41) is 19.3. The van der Waals surface area contributed by atoms with Gasteiger partial charge in [-0.15, -0.1) is 5.53 Å². The summed E-state index contributed by atoms with van der Waals surface area (Å²) in [6, 6.07) is 10.5. The van der Waals surface area contributed by atoms with Gasteiger partial charge in [0, 0.05) is 29.5 Å². The van der Waals surface area contributed by atoms with Gasteiger partial charge in [0.15, 0.2) is 0 Å². The smallest absolute Gasteiger partial charge is 0.123 e. The first-order valence-corrected chi connectivity index (χ1v) is 11.8. The minimum atomic E-state index is -1.50. The molecule has 4 N–H and O–H groups in total. The number of hydrazine groups is 2. The molecule has 0 radical (unpaired) electrons. The van der Waals surface area contributed by atoms with Gasteiger partial charge in [-0.1, -0.05) is 23.7 Å². The number of halogens is 2. The lowest BCUT2D eigenvalue weighted by Gasteiger charge is -2.29. The Morgan fingerprint density at radius 2 is 2.09 bits per heavy atom. The van der Waals surface area contributed by atoms with E-state index in [-0.39, 0.29) is 11.9 Å². The summed E-state index contributed by atoms with van der Waals surface area (Å²) >= 11 is 6.64. The number of pyridine rings is 1. The molecule has 0 spiro atoms. The van der Waals surface area contributed by atoms with Crippen LogP contribution in [-0.4, -0.2) is 35.3 Å².